The van der Waals surface area contributed by atoms with E-state index >= 15 is 0 Å². The van der Waals surface area contributed by atoms with Crippen molar-refractivity contribution < 1.29 is 27.8 Å². The molecule has 0 saturated heterocycles. The van der Waals surface area contributed by atoms with Crippen LogP contribution in [0.3, 0.4) is 0 Å². The zero-order valence-electron chi connectivity index (χ0n) is 14.4. The molecule has 2 aromatic carbocycles. The molecule has 3 aromatic rings. The molecule has 0 atom stereocenters. The Hall–Kier alpha value is -3.20. The van der Waals surface area contributed by atoms with Crippen molar-refractivity contribution in [2.75, 3.05) is 18.5 Å². The van der Waals surface area contributed by atoms with Crippen LogP contribution in [0, 0.1) is 0 Å². The normalized spacial score (nSPS) is 12.7. The van der Waals surface area contributed by atoms with Crippen LogP contribution in [0.15, 0.2) is 47.8 Å². The zero-order valence-corrected chi connectivity index (χ0v) is 15.2. The highest BCUT2D eigenvalue weighted by atomic mass is 32.1. The van der Waals surface area contributed by atoms with Crippen LogP contribution in [0.25, 0.3) is 11.3 Å². The number of halogens is 2. The number of aromatic nitrogens is 1. The largest absolute Gasteiger partial charge is 0.486 e. The zero-order chi connectivity index (χ0) is 19.5. The van der Waals surface area contributed by atoms with Crippen LogP contribution < -0.4 is 19.5 Å². The fraction of sp³-hybridized carbons (Fsp3) is 0.158. The molecule has 6 nitrogen and oxygen atoms in total. The Balaban J connectivity index is 1.45. The van der Waals surface area contributed by atoms with Gasteiger partial charge in [-0.05, 0) is 42.5 Å². The second-order valence-electron chi connectivity index (χ2n) is 5.75. The van der Waals surface area contributed by atoms with Crippen molar-refractivity contribution in [1.82, 2.24) is 4.98 Å². The SMILES string of the molecule is O=C(Nc1nc(-c2ccc3c(c2)OCCO3)cs1)c1ccc(OC(F)F)cc1. The highest BCUT2D eigenvalue weighted by molar-refractivity contribution is 7.14. The third-order valence-electron chi connectivity index (χ3n) is 3.90. The summed E-state index contributed by atoms with van der Waals surface area (Å²) in [6, 6.07) is 11.0. The number of nitrogens with zero attached hydrogens (tertiary/aromatic N) is 1. The number of carbonyl (C=O) groups excluding carboxylic acids is 1. The number of anilines is 1. The number of hydrogen-bond acceptors (Lipinski definition) is 6. The maximum atomic E-state index is 12.3. The summed E-state index contributed by atoms with van der Waals surface area (Å²) in [6.07, 6.45) is 0. The van der Waals surface area contributed by atoms with Crippen molar-refractivity contribution in [2.24, 2.45) is 0 Å². The van der Waals surface area contributed by atoms with Gasteiger partial charge in [-0.25, -0.2) is 4.98 Å². The molecule has 1 N–H and O–H groups in total. The molecule has 1 amide bonds. The molecule has 1 aromatic heterocycles. The summed E-state index contributed by atoms with van der Waals surface area (Å²) in [7, 11) is 0. The molecule has 4 rings (SSSR count). The molecule has 144 valence electrons. The number of carbonyl (C=O) groups is 1. The first-order valence-electron chi connectivity index (χ1n) is 8.30. The van der Waals surface area contributed by atoms with E-state index in [2.05, 4.69) is 15.0 Å². The van der Waals surface area contributed by atoms with Gasteiger partial charge in [0.25, 0.3) is 5.91 Å². The number of benzene rings is 2. The van der Waals surface area contributed by atoms with Gasteiger partial charge in [0.05, 0.1) is 5.69 Å². The molecule has 2 heterocycles. The third kappa shape index (κ3) is 4.04. The molecule has 0 unspecified atom stereocenters. The molecule has 9 heteroatoms. The Morgan fingerprint density at radius 1 is 1.11 bits per heavy atom. The number of rotatable bonds is 5. The van der Waals surface area contributed by atoms with Gasteiger partial charge in [0.1, 0.15) is 19.0 Å². The van der Waals surface area contributed by atoms with Crippen molar-refractivity contribution in [1.29, 1.82) is 0 Å². The Morgan fingerprint density at radius 2 is 1.86 bits per heavy atom. The Kier molecular flexibility index (Phi) is 5.07. The van der Waals surface area contributed by atoms with Crippen LogP contribution in [0.4, 0.5) is 13.9 Å². The standard InChI is InChI=1S/C19H14F2N2O4S/c20-18(21)27-13-4-1-11(2-5-13)17(24)23-19-22-14(10-28-19)12-3-6-15-16(9-12)26-8-7-25-15/h1-6,9-10,18H,7-8H2,(H,22,23,24). The molecule has 0 spiro atoms. The second kappa shape index (κ2) is 7.81. The summed E-state index contributed by atoms with van der Waals surface area (Å²) in [5, 5.41) is 4.93. The predicted octanol–water partition coefficient (Wildman–Crippen LogP) is 4.44. The number of nitrogens with one attached hydrogen (secondary N) is 1. The summed E-state index contributed by atoms with van der Waals surface area (Å²) < 4.78 is 39.7. The number of ether oxygens (including phenoxy) is 3. The summed E-state index contributed by atoms with van der Waals surface area (Å²) in [4.78, 5) is 16.7. The molecule has 1 aliphatic heterocycles. The van der Waals surface area contributed by atoms with Gasteiger partial charge >= 0.3 is 6.61 Å². The molecule has 0 radical (unpaired) electrons. The van der Waals surface area contributed by atoms with Crippen molar-refractivity contribution in [2.45, 2.75) is 6.61 Å². The van der Waals surface area contributed by atoms with Gasteiger partial charge in [-0.15, -0.1) is 11.3 Å². The minimum atomic E-state index is -2.91. The van der Waals surface area contributed by atoms with Crippen molar-refractivity contribution >= 4 is 22.4 Å². The van der Waals surface area contributed by atoms with E-state index < -0.39 is 12.5 Å². The van der Waals surface area contributed by atoms with Gasteiger partial charge in [-0.3, -0.25) is 10.1 Å². The Labute approximate surface area is 162 Å². The van der Waals surface area contributed by atoms with Crippen LogP contribution in [0.2, 0.25) is 0 Å². The number of fused-ring (bicyclic) bond motifs is 1. The maximum Gasteiger partial charge on any atom is 0.387 e. The van der Waals surface area contributed by atoms with Crippen LogP contribution in [-0.2, 0) is 0 Å². The Morgan fingerprint density at radius 3 is 2.61 bits per heavy atom. The number of hydrogen-bond donors (Lipinski definition) is 1. The van der Waals surface area contributed by atoms with Crippen molar-refractivity contribution in [3.8, 4) is 28.5 Å². The predicted molar refractivity (Wildman–Crippen MR) is 99.6 cm³/mol. The van der Waals surface area contributed by atoms with E-state index in [1.54, 1.807) is 0 Å². The first-order chi connectivity index (χ1) is 13.6. The lowest BCUT2D eigenvalue weighted by Crippen LogP contribution is -2.15. The quantitative estimate of drug-likeness (QED) is 0.681. The molecule has 0 saturated carbocycles. The van der Waals surface area contributed by atoms with Crippen LogP contribution in [-0.4, -0.2) is 30.7 Å². The minimum Gasteiger partial charge on any atom is -0.486 e. The van der Waals surface area contributed by atoms with Gasteiger partial charge in [0.2, 0.25) is 0 Å². The van der Waals surface area contributed by atoms with Gasteiger partial charge in [0.15, 0.2) is 16.6 Å². The first kappa shape index (κ1) is 18.2. The minimum absolute atomic E-state index is 0.0123. The molecular formula is C19H14F2N2O4S. The fourth-order valence-electron chi connectivity index (χ4n) is 2.62. The summed E-state index contributed by atoms with van der Waals surface area (Å²) in [6.45, 7) is -1.89. The lowest BCUT2D eigenvalue weighted by molar-refractivity contribution is -0.0498. The van der Waals surface area contributed by atoms with E-state index in [1.807, 2.05) is 23.6 Å². The second-order valence-corrected chi connectivity index (χ2v) is 6.61. The third-order valence-corrected chi connectivity index (χ3v) is 4.66. The van der Waals surface area contributed by atoms with Crippen molar-refractivity contribution in [3.05, 3.63) is 53.4 Å². The smallest absolute Gasteiger partial charge is 0.387 e. The molecule has 0 bridgehead atoms. The number of amides is 1. The maximum absolute atomic E-state index is 12.3. The highest BCUT2D eigenvalue weighted by Gasteiger charge is 2.15. The molecule has 28 heavy (non-hydrogen) atoms. The summed E-state index contributed by atoms with van der Waals surface area (Å²) in [5.74, 6) is 0.944. The number of thiazole rings is 1. The van der Waals surface area contributed by atoms with E-state index in [1.165, 1.54) is 35.6 Å². The molecular weight excluding hydrogens is 390 g/mol. The molecule has 0 aliphatic carbocycles. The Bertz CT molecular complexity index is 992. The lowest BCUT2D eigenvalue weighted by Gasteiger charge is -2.18. The van der Waals surface area contributed by atoms with Crippen LogP contribution in [0.1, 0.15) is 10.4 Å². The summed E-state index contributed by atoms with van der Waals surface area (Å²) in [5.41, 5.74) is 1.84. The van der Waals surface area contributed by atoms with Crippen LogP contribution in [0.5, 0.6) is 17.2 Å². The van der Waals surface area contributed by atoms with Crippen LogP contribution >= 0.6 is 11.3 Å². The monoisotopic (exact) mass is 404 g/mol. The lowest BCUT2D eigenvalue weighted by atomic mass is 10.1. The van der Waals surface area contributed by atoms with Gasteiger partial charge in [-0.1, -0.05) is 0 Å². The average molecular weight is 404 g/mol. The van der Waals surface area contributed by atoms with Gasteiger partial charge < -0.3 is 14.2 Å². The van der Waals surface area contributed by atoms with E-state index in [4.69, 9.17) is 9.47 Å². The number of alkyl halides is 2. The van der Waals surface area contributed by atoms with Gasteiger partial charge in [-0.2, -0.15) is 8.78 Å². The molecule has 1 aliphatic rings. The summed E-state index contributed by atoms with van der Waals surface area (Å²) >= 11 is 1.28. The first-order valence-corrected chi connectivity index (χ1v) is 9.18. The van der Waals surface area contributed by atoms with E-state index in [0.717, 1.165) is 5.56 Å². The van der Waals surface area contributed by atoms with Crippen molar-refractivity contribution in [3.63, 3.8) is 0 Å². The highest BCUT2D eigenvalue weighted by Crippen LogP contribution is 2.35. The fourth-order valence-corrected chi connectivity index (χ4v) is 3.34. The average Bonchev–Trinajstić information content (AvgIpc) is 3.16. The van der Waals surface area contributed by atoms with E-state index in [-0.39, 0.29) is 5.75 Å². The van der Waals surface area contributed by atoms with E-state index in [0.29, 0.717) is 41.1 Å². The van der Waals surface area contributed by atoms with E-state index in [9.17, 15) is 13.6 Å². The topological polar surface area (TPSA) is 69.7 Å². The van der Waals surface area contributed by atoms with Gasteiger partial charge in [0, 0.05) is 16.5 Å². The molecule has 0 fully saturated rings.